The molecule has 0 unspecified atom stereocenters. The Hall–Kier alpha value is -3.77. The van der Waals surface area contributed by atoms with Gasteiger partial charge in [0.15, 0.2) is 5.78 Å². The Labute approximate surface area is 247 Å². The van der Waals surface area contributed by atoms with Crippen LogP contribution in [0.15, 0.2) is 54.6 Å². The highest BCUT2D eigenvalue weighted by Gasteiger charge is 2.52. The van der Waals surface area contributed by atoms with E-state index in [0.717, 1.165) is 5.69 Å². The maximum atomic E-state index is 13.7. The van der Waals surface area contributed by atoms with Crippen molar-refractivity contribution >= 4 is 39.2 Å². The minimum absolute atomic E-state index is 0.0926. The molecule has 2 saturated heterocycles. The van der Waals surface area contributed by atoms with Crippen molar-refractivity contribution in [2.24, 2.45) is 5.92 Å². The molecular formula is C30H39N5O6S. The van der Waals surface area contributed by atoms with E-state index in [1.54, 1.807) is 42.5 Å². The number of Topliss-reactive ketones (excluding diaryl/α,β-unsaturated/α-hetero) is 1. The Morgan fingerprint density at radius 2 is 1.67 bits per heavy atom. The van der Waals surface area contributed by atoms with E-state index in [9.17, 15) is 27.6 Å². The molecule has 11 nitrogen and oxygen atoms in total. The van der Waals surface area contributed by atoms with Crippen molar-refractivity contribution in [3.63, 3.8) is 0 Å². The van der Waals surface area contributed by atoms with Gasteiger partial charge >= 0.3 is 0 Å². The molecule has 226 valence electrons. The van der Waals surface area contributed by atoms with E-state index < -0.39 is 40.6 Å². The molecule has 3 atom stereocenters. The van der Waals surface area contributed by atoms with Gasteiger partial charge in [0.2, 0.25) is 21.8 Å². The Morgan fingerprint density at radius 1 is 1.00 bits per heavy atom. The number of hydrogen-bond acceptors (Lipinski definition) is 7. The zero-order valence-electron chi connectivity index (χ0n) is 24.4. The first-order valence-electron chi connectivity index (χ1n) is 14.1. The number of rotatable bonds is 11. The topological polar surface area (TPSA) is 136 Å². The second-order valence-electron chi connectivity index (χ2n) is 11.5. The largest absolute Gasteiger partial charge is 0.378 e. The number of carbonyl (C=O) groups is 4. The molecule has 0 saturated carbocycles. The van der Waals surface area contributed by atoms with E-state index in [0.29, 0.717) is 24.0 Å². The summed E-state index contributed by atoms with van der Waals surface area (Å²) >= 11 is 0. The number of fused-ring (bicyclic) bond motifs is 1. The van der Waals surface area contributed by atoms with Crippen LogP contribution in [0.4, 0.5) is 5.69 Å². The summed E-state index contributed by atoms with van der Waals surface area (Å²) in [5, 5.41) is 2.86. The van der Waals surface area contributed by atoms with Crippen molar-refractivity contribution < 1.29 is 27.6 Å². The quantitative estimate of drug-likeness (QED) is 0.400. The third kappa shape index (κ3) is 7.35. The van der Waals surface area contributed by atoms with Gasteiger partial charge in [0.1, 0.15) is 12.1 Å². The molecule has 12 heteroatoms. The van der Waals surface area contributed by atoms with Gasteiger partial charge in [0.25, 0.3) is 5.91 Å². The average molecular weight is 598 g/mol. The standard InChI is InChI=1S/C30H39N5O6S/c1-20(2)16-24(32-29(38)22-10-12-23(13-11-22)33(3)4)30(39)34-15-14-25-28(34)26(36)18-35(25)27(37)17-31-42(40,41)19-21-8-6-5-7-9-21/h5-13,20,24-25,28,31H,14-19H2,1-4H3,(H,32,38)/t24-,25+,28-/m0/s1. The minimum atomic E-state index is -3.77. The lowest BCUT2D eigenvalue weighted by molar-refractivity contribution is -0.138. The van der Waals surface area contributed by atoms with Gasteiger partial charge in [0.05, 0.1) is 24.9 Å². The summed E-state index contributed by atoms with van der Waals surface area (Å²) in [5.41, 5.74) is 1.95. The fraction of sp³-hybridized carbons (Fsp3) is 0.467. The van der Waals surface area contributed by atoms with E-state index in [1.165, 1.54) is 9.80 Å². The summed E-state index contributed by atoms with van der Waals surface area (Å²) in [6.45, 7) is 3.48. The highest BCUT2D eigenvalue weighted by Crippen LogP contribution is 2.31. The van der Waals surface area contributed by atoms with Crippen LogP contribution in [0, 0.1) is 5.92 Å². The molecule has 2 fully saturated rings. The van der Waals surface area contributed by atoms with E-state index >= 15 is 0 Å². The molecule has 3 amide bonds. The number of sulfonamides is 1. The lowest BCUT2D eigenvalue weighted by Gasteiger charge is -2.29. The van der Waals surface area contributed by atoms with Gasteiger partial charge in [-0.3, -0.25) is 19.2 Å². The Kier molecular flexibility index (Phi) is 9.67. The van der Waals surface area contributed by atoms with Gasteiger partial charge in [-0.25, -0.2) is 13.1 Å². The fourth-order valence-electron chi connectivity index (χ4n) is 5.55. The lowest BCUT2D eigenvalue weighted by Crippen LogP contribution is -2.53. The first-order valence-corrected chi connectivity index (χ1v) is 15.7. The zero-order valence-corrected chi connectivity index (χ0v) is 25.3. The van der Waals surface area contributed by atoms with Crippen molar-refractivity contribution in [1.29, 1.82) is 0 Å². The van der Waals surface area contributed by atoms with Crippen molar-refractivity contribution in [2.75, 3.05) is 38.6 Å². The number of nitrogens with zero attached hydrogens (tertiary/aromatic N) is 3. The Balaban J connectivity index is 1.41. The van der Waals surface area contributed by atoms with E-state index in [1.807, 2.05) is 45.0 Å². The number of anilines is 1. The third-order valence-corrected chi connectivity index (χ3v) is 8.92. The molecule has 2 aliphatic rings. The summed E-state index contributed by atoms with van der Waals surface area (Å²) in [5.74, 6) is -1.71. The molecule has 4 rings (SSSR count). The first-order chi connectivity index (χ1) is 19.9. The molecule has 2 N–H and O–H groups in total. The second-order valence-corrected chi connectivity index (χ2v) is 13.3. The van der Waals surface area contributed by atoms with Gasteiger partial charge < -0.3 is 20.0 Å². The van der Waals surface area contributed by atoms with Gasteiger partial charge in [0, 0.05) is 31.9 Å². The minimum Gasteiger partial charge on any atom is -0.378 e. The number of ketones is 1. The van der Waals surface area contributed by atoms with Crippen molar-refractivity contribution in [3.8, 4) is 0 Å². The number of benzene rings is 2. The summed E-state index contributed by atoms with van der Waals surface area (Å²) in [4.78, 5) is 57.7. The molecule has 0 aliphatic carbocycles. The fourth-order valence-corrected chi connectivity index (χ4v) is 6.63. The molecule has 0 spiro atoms. The number of carbonyl (C=O) groups excluding carboxylic acids is 4. The van der Waals surface area contributed by atoms with Crippen LogP contribution in [0.2, 0.25) is 0 Å². The first kappa shape index (κ1) is 31.2. The number of hydrogen-bond donors (Lipinski definition) is 2. The lowest BCUT2D eigenvalue weighted by atomic mass is 10.0. The summed E-state index contributed by atoms with van der Waals surface area (Å²) in [6, 6.07) is 13.5. The van der Waals surface area contributed by atoms with Gasteiger partial charge in [-0.05, 0) is 48.6 Å². The number of amides is 3. The molecule has 42 heavy (non-hydrogen) atoms. The molecule has 2 aromatic carbocycles. The predicted molar refractivity (Wildman–Crippen MR) is 159 cm³/mol. The van der Waals surface area contributed by atoms with Crippen molar-refractivity contribution in [1.82, 2.24) is 19.8 Å². The van der Waals surface area contributed by atoms with E-state index in [2.05, 4.69) is 10.0 Å². The summed E-state index contributed by atoms with van der Waals surface area (Å²) < 4.78 is 27.4. The van der Waals surface area contributed by atoms with Crippen LogP contribution in [-0.2, 0) is 30.2 Å². The SMILES string of the molecule is CC(C)C[C@H](NC(=O)c1ccc(N(C)C)cc1)C(=O)N1CC[C@@H]2[C@H]1C(=O)CN2C(=O)CNS(=O)(=O)Cc1ccccc1. The van der Waals surface area contributed by atoms with Crippen LogP contribution in [0.25, 0.3) is 0 Å². The van der Waals surface area contributed by atoms with Crippen LogP contribution < -0.4 is 14.9 Å². The average Bonchev–Trinajstić information content (AvgIpc) is 3.52. The normalized spacial score (nSPS) is 19.1. The van der Waals surface area contributed by atoms with Gasteiger partial charge in [-0.2, -0.15) is 0 Å². The van der Waals surface area contributed by atoms with Crippen molar-refractivity contribution in [3.05, 3.63) is 65.7 Å². The molecule has 0 bridgehead atoms. The Bertz CT molecular complexity index is 1410. The molecular weight excluding hydrogens is 558 g/mol. The smallest absolute Gasteiger partial charge is 0.251 e. The molecule has 0 aromatic heterocycles. The van der Waals surface area contributed by atoms with Crippen LogP contribution in [0.5, 0.6) is 0 Å². The monoisotopic (exact) mass is 597 g/mol. The van der Waals surface area contributed by atoms with Crippen LogP contribution >= 0.6 is 0 Å². The predicted octanol–water partition coefficient (Wildman–Crippen LogP) is 1.40. The molecule has 2 heterocycles. The van der Waals surface area contributed by atoms with Gasteiger partial charge in [-0.15, -0.1) is 0 Å². The number of nitrogens with one attached hydrogen (secondary N) is 2. The molecule has 2 aliphatic heterocycles. The zero-order chi connectivity index (χ0) is 30.6. The van der Waals surface area contributed by atoms with Crippen molar-refractivity contribution in [2.45, 2.75) is 50.6 Å². The highest BCUT2D eigenvalue weighted by atomic mass is 32.2. The highest BCUT2D eigenvalue weighted by molar-refractivity contribution is 7.88. The van der Waals surface area contributed by atoms with E-state index in [4.69, 9.17) is 0 Å². The maximum absolute atomic E-state index is 13.7. The van der Waals surface area contributed by atoms with E-state index in [-0.39, 0.29) is 42.4 Å². The van der Waals surface area contributed by atoms with Crippen LogP contribution in [0.1, 0.15) is 42.6 Å². The molecule has 2 aromatic rings. The summed E-state index contributed by atoms with van der Waals surface area (Å²) in [6.07, 6.45) is 0.771. The van der Waals surface area contributed by atoms with Crippen LogP contribution in [0.3, 0.4) is 0 Å². The van der Waals surface area contributed by atoms with Gasteiger partial charge in [-0.1, -0.05) is 44.2 Å². The maximum Gasteiger partial charge on any atom is 0.251 e. The number of likely N-dealkylation sites (tertiary alicyclic amines) is 2. The second kappa shape index (κ2) is 13.0. The van der Waals surface area contributed by atoms with Crippen LogP contribution in [-0.4, -0.2) is 93.6 Å². The third-order valence-electron chi connectivity index (χ3n) is 7.63. The molecule has 0 radical (unpaired) electrons. The summed E-state index contributed by atoms with van der Waals surface area (Å²) in [7, 11) is 0.0312. The Morgan fingerprint density at radius 3 is 2.29 bits per heavy atom.